The molecular weight excluding hydrogens is 643 g/mol. The fourth-order valence-electron chi connectivity index (χ4n) is 6.52. The zero-order valence-corrected chi connectivity index (χ0v) is 29.4. The molecule has 0 aromatic carbocycles. The van der Waals surface area contributed by atoms with Gasteiger partial charge in [-0.1, -0.05) is 43.9 Å². The van der Waals surface area contributed by atoms with Gasteiger partial charge in [0.25, 0.3) is 0 Å². The SMILES string of the molecule is CSC1O[C@H]([C@H](NC(=O)C2[C@@H]3OCC[C@@H](CC(C)C)C[C@H]3CN2C(=O)OC(C)(C)C)[C@H](C)Sc2nnc(N)s2)C(O)[C@@H](O)[C@H]1O. The van der Waals surface area contributed by atoms with E-state index in [1.54, 1.807) is 27.0 Å². The molecule has 0 bridgehead atoms. The number of aliphatic hydroxyl groups excluding tert-OH is 3. The summed E-state index contributed by atoms with van der Waals surface area (Å²) in [4.78, 5) is 29.4. The van der Waals surface area contributed by atoms with Gasteiger partial charge >= 0.3 is 6.09 Å². The molecule has 3 aliphatic rings. The van der Waals surface area contributed by atoms with Gasteiger partial charge in [-0.3, -0.25) is 9.69 Å². The number of nitrogens with two attached hydrogens (primary N) is 1. The monoisotopic (exact) mass is 691 g/mol. The molecule has 6 N–H and O–H groups in total. The number of hydrogen-bond acceptors (Lipinski definition) is 14. The van der Waals surface area contributed by atoms with E-state index in [4.69, 9.17) is 19.9 Å². The van der Waals surface area contributed by atoms with Gasteiger partial charge in [0.2, 0.25) is 11.0 Å². The summed E-state index contributed by atoms with van der Waals surface area (Å²) in [7, 11) is 0. The zero-order valence-electron chi connectivity index (χ0n) is 27.0. The molecule has 1 aromatic heterocycles. The maximum absolute atomic E-state index is 14.4. The van der Waals surface area contributed by atoms with E-state index in [1.165, 1.54) is 39.8 Å². The molecule has 1 aromatic rings. The number of amides is 2. The molecule has 0 aliphatic carbocycles. The van der Waals surface area contributed by atoms with Crippen molar-refractivity contribution < 1.29 is 39.1 Å². The number of nitrogens with one attached hydrogen (secondary N) is 1. The van der Waals surface area contributed by atoms with Gasteiger partial charge in [-0.25, -0.2) is 4.79 Å². The summed E-state index contributed by atoms with van der Waals surface area (Å²) >= 11 is 3.65. The van der Waals surface area contributed by atoms with Gasteiger partial charge in [0.1, 0.15) is 41.5 Å². The van der Waals surface area contributed by atoms with Crippen LogP contribution in [0, 0.1) is 17.8 Å². The van der Waals surface area contributed by atoms with Crippen molar-refractivity contribution >= 4 is 52.0 Å². The predicted molar refractivity (Wildman–Crippen MR) is 174 cm³/mol. The maximum Gasteiger partial charge on any atom is 0.411 e. The summed E-state index contributed by atoms with van der Waals surface area (Å²) in [5.74, 6) is 0.372. The third-order valence-corrected chi connectivity index (χ3v) is 11.3. The Bertz CT molecular complexity index is 1150. The minimum atomic E-state index is -1.51. The lowest BCUT2D eigenvalue weighted by molar-refractivity contribution is -0.205. The van der Waals surface area contributed by atoms with Crippen LogP contribution in [0.25, 0.3) is 0 Å². The van der Waals surface area contributed by atoms with Crippen molar-refractivity contribution in [3.05, 3.63) is 0 Å². The molecule has 13 nitrogen and oxygen atoms in total. The number of nitrogens with zero attached hydrogens (tertiary/aromatic N) is 3. The number of carbonyl (C=O) groups is 2. The summed E-state index contributed by atoms with van der Waals surface area (Å²) in [5, 5.41) is 43.2. The van der Waals surface area contributed by atoms with Gasteiger partial charge in [-0.15, -0.1) is 22.0 Å². The fraction of sp³-hybridized carbons (Fsp3) is 0.862. The first-order valence-electron chi connectivity index (χ1n) is 15.5. The first-order valence-corrected chi connectivity index (χ1v) is 18.5. The van der Waals surface area contributed by atoms with Crippen LogP contribution >= 0.6 is 34.9 Å². The quantitative estimate of drug-likeness (QED) is 0.238. The summed E-state index contributed by atoms with van der Waals surface area (Å²) in [6, 6.07) is -1.88. The first kappa shape index (κ1) is 36.4. The summed E-state index contributed by atoms with van der Waals surface area (Å²) < 4.78 is 18.8. The molecule has 11 atom stereocenters. The van der Waals surface area contributed by atoms with Crippen molar-refractivity contribution in [3.8, 4) is 0 Å². The third kappa shape index (κ3) is 8.95. The van der Waals surface area contributed by atoms with Gasteiger partial charge < -0.3 is 40.6 Å². The van der Waals surface area contributed by atoms with Gasteiger partial charge in [0, 0.05) is 24.3 Å². The second-order valence-corrected chi connectivity index (χ2v) is 17.2. The second kappa shape index (κ2) is 15.2. The Morgan fingerprint density at radius 3 is 2.49 bits per heavy atom. The number of aromatic nitrogens is 2. The van der Waals surface area contributed by atoms with E-state index in [2.05, 4.69) is 29.4 Å². The molecule has 4 rings (SSSR count). The molecule has 256 valence electrons. The van der Waals surface area contributed by atoms with Crippen LogP contribution in [0.3, 0.4) is 0 Å². The number of carbonyl (C=O) groups excluding carboxylic acids is 2. The van der Waals surface area contributed by atoms with E-state index in [0.29, 0.717) is 29.3 Å². The third-order valence-electron chi connectivity index (χ3n) is 8.43. The minimum Gasteiger partial charge on any atom is -0.444 e. The number of likely N-dealkylation sites (tertiary alicyclic amines) is 1. The minimum absolute atomic E-state index is 0.0662. The highest BCUT2D eigenvalue weighted by atomic mass is 32.2. The Morgan fingerprint density at radius 1 is 1.18 bits per heavy atom. The highest BCUT2D eigenvalue weighted by molar-refractivity contribution is 8.01. The van der Waals surface area contributed by atoms with Crippen molar-refractivity contribution in [1.82, 2.24) is 20.4 Å². The lowest BCUT2D eigenvalue weighted by Gasteiger charge is -2.44. The summed E-state index contributed by atoms with van der Waals surface area (Å²) in [6.45, 7) is 12.3. The molecule has 3 saturated heterocycles. The van der Waals surface area contributed by atoms with Crippen LogP contribution in [0.15, 0.2) is 4.34 Å². The molecule has 16 heteroatoms. The van der Waals surface area contributed by atoms with Gasteiger partial charge in [-0.2, -0.15) is 0 Å². The fourth-order valence-corrected chi connectivity index (χ4v) is 9.22. The van der Waals surface area contributed by atoms with Crippen molar-refractivity contribution in [2.75, 3.05) is 25.1 Å². The predicted octanol–water partition coefficient (Wildman–Crippen LogP) is 2.33. The van der Waals surface area contributed by atoms with Crippen molar-refractivity contribution in [3.63, 3.8) is 0 Å². The Labute approximate surface area is 277 Å². The number of rotatable bonds is 9. The van der Waals surface area contributed by atoms with Crippen molar-refractivity contribution in [1.29, 1.82) is 0 Å². The molecule has 2 amide bonds. The average molecular weight is 692 g/mol. The zero-order chi connectivity index (χ0) is 33.2. The maximum atomic E-state index is 14.4. The number of ether oxygens (including phenoxy) is 3. The Hall–Kier alpha value is -1.40. The standard InChI is InChI=1S/C29H49N5O8S3/c1-13(2)10-15-8-9-40-22-16(11-15)12-34(28(39)42-29(4,5)6)18(22)24(38)31-17(14(3)44-27-33-32-26(30)45-27)23-20(36)19(35)21(37)25(41-23)43-7/h13-23,25,35-37H,8-12H2,1-7H3,(H2,30,32)(H,31,38)/t14-,15-,16-,17+,18?,19+,20?,21+,22+,23+,25?/m0/s1. The highest BCUT2D eigenvalue weighted by Crippen LogP contribution is 2.39. The first-order chi connectivity index (χ1) is 21.1. The van der Waals surface area contributed by atoms with E-state index >= 15 is 0 Å². The van der Waals surface area contributed by atoms with Crippen LogP contribution in [0.5, 0.6) is 0 Å². The number of anilines is 1. The number of aliphatic hydroxyl groups is 3. The van der Waals surface area contributed by atoms with Crippen molar-refractivity contribution in [2.24, 2.45) is 17.8 Å². The number of fused-ring (bicyclic) bond motifs is 1. The van der Waals surface area contributed by atoms with Crippen LogP contribution < -0.4 is 11.1 Å². The molecule has 0 spiro atoms. The number of hydrogen-bond donors (Lipinski definition) is 5. The number of thioether (sulfide) groups is 2. The number of nitrogen functional groups attached to an aromatic ring is 1. The highest BCUT2D eigenvalue weighted by Gasteiger charge is 2.53. The van der Waals surface area contributed by atoms with Crippen LogP contribution in [0.2, 0.25) is 0 Å². The smallest absolute Gasteiger partial charge is 0.411 e. The summed E-state index contributed by atoms with van der Waals surface area (Å²) in [6.07, 6.45) is -2.14. The van der Waals surface area contributed by atoms with Crippen LogP contribution in [-0.2, 0) is 19.0 Å². The van der Waals surface area contributed by atoms with E-state index in [0.717, 1.165) is 19.3 Å². The molecular formula is C29H49N5O8S3. The summed E-state index contributed by atoms with van der Waals surface area (Å²) in [5.41, 5.74) is 4.18. The Kier molecular flexibility index (Phi) is 12.3. The van der Waals surface area contributed by atoms with Crippen LogP contribution in [0.4, 0.5) is 9.93 Å². The Balaban J connectivity index is 1.65. The molecule has 3 fully saturated rings. The lowest BCUT2D eigenvalue weighted by atomic mass is 9.85. The van der Waals surface area contributed by atoms with Gasteiger partial charge in [0.15, 0.2) is 4.34 Å². The molecule has 45 heavy (non-hydrogen) atoms. The second-order valence-electron chi connectivity index (χ2n) is 13.6. The van der Waals surface area contributed by atoms with Gasteiger partial charge in [-0.05, 0) is 58.1 Å². The molecule has 3 unspecified atom stereocenters. The molecule has 4 heterocycles. The van der Waals surface area contributed by atoms with Crippen LogP contribution in [-0.4, -0.2) is 121 Å². The largest absolute Gasteiger partial charge is 0.444 e. The van der Waals surface area contributed by atoms with Crippen LogP contribution in [0.1, 0.15) is 60.8 Å². The lowest BCUT2D eigenvalue weighted by Crippen LogP contribution is -2.66. The normalized spacial score (nSPS) is 33.8. The Morgan fingerprint density at radius 2 is 1.89 bits per heavy atom. The van der Waals surface area contributed by atoms with Crippen molar-refractivity contribution in [2.45, 2.75) is 124 Å². The molecule has 3 aliphatic heterocycles. The van der Waals surface area contributed by atoms with E-state index in [9.17, 15) is 24.9 Å². The van der Waals surface area contributed by atoms with Gasteiger partial charge in [0.05, 0.1) is 12.1 Å². The van der Waals surface area contributed by atoms with E-state index in [1.807, 2.05) is 6.92 Å². The topological polar surface area (TPSA) is 190 Å². The van der Waals surface area contributed by atoms with E-state index < -0.39 is 70.9 Å². The molecule has 0 saturated carbocycles. The molecule has 0 radical (unpaired) electrons. The van der Waals surface area contributed by atoms with E-state index in [-0.39, 0.29) is 11.0 Å². The average Bonchev–Trinajstić information content (AvgIpc) is 3.46.